The molecule has 2 aromatic heterocycles. The molecule has 2 aromatic carbocycles. The van der Waals surface area contributed by atoms with Crippen LogP contribution in [0.3, 0.4) is 0 Å². The van der Waals surface area contributed by atoms with Crippen LogP contribution in [0.2, 0.25) is 5.02 Å². The maximum atomic E-state index is 13.1. The highest BCUT2D eigenvalue weighted by Crippen LogP contribution is 2.27. The van der Waals surface area contributed by atoms with Crippen molar-refractivity contribution in [1.82, 2.24) is 19.3 Å². The van der Waals surface area contributed by atoms with E-state index in [1.54, 1.807) is 30.0 Å². The maximum absolute atomic E-state index is 13.1. The maximum Gasteiger partial charge on any atom is 0.262 e. The molecule has 1 N–H and O–H groups in total. The van der Waals surface area contributed by atoms with Crippen LogP contribution in [0.4, 0.5) is 5.82 Å². The lowest BCUT2D eigenvalue weighted by Gasteiger charge is -2.14. The summed E-state index contributed by atoms with van der Waals surface area (Å²) in [5.74, 6) is 0.388. The lowest BCUT2D eigenvalue weighted by atomic mass is 9.92. The molecule has 10 heteroatoms. The normalized spacial score (nSPS) is 11.7. The zero-order chi connectivity index (χ0) is 25.9. The molecule has 0 fully saturated rings. The number of para-hydroxylation sites is 1. The summed E-state index contributed by atoms with van der Waals surface area (Å²) in [6, 6.07) is 16.5. The third-order valence-corrected chi connectivity index (χ3v) is 6.69. The number of aromatic nitrogens is 4. The molecular formula is C26H28ClN5O3S. The van der Waals surface area contributed by atoms with Crippen LogP contribution >= 0.6 is 23.4 Å². The van der Waals surface area contributed by atoms with Crippen LogP contribution in [-0.4, -0.2) is 44.7 Å². The first kappa shape index (κ1) is 25.9. The average molecular weight is 526 g/mol. The largest absolute Gasteiger partial charge is 0.383 e. The first-order valence-electron chi connectivity index (χ1n) is 11.4. The highest BCUT2D eigenvalue weighted by atomic mass is 35.5. The van der Waals surface area contributed by atoms with E-state index in [0.29, 0.717) is 40.1 Å². The summed E-state index contributed by atoms with van der Waals surface area (Å²) in [5, 5.41) is 9.09. The number of anilines is 1. The third-order valence-electron chi connectivity index (χ3n) is 5.48. The Morgan fingerprint density at radius 1 is 1.14 bits per heavy atom. The molecule has 0 aliphatic heterocycles. The van der Waals surface area contributed by atoms with Crippen molar-refractivity contribution in [1.29, 1.82) is 0 Å². The van der Waals surface area contributed by atoms with Gasteiger partial charge in [0.05, 0.1) is 41.2 Å². The van der Waals surface area contributed by atoms with Gasteiger partial charge >= 0.3 is 0 Å². The van der Waals surface area contributed by atoms with E-state index in [9.17, 15) is 9.59 Å². The van der Waals surface area contributed by atoms with Gasteiger partial charge in [-0.05, 0) is 30.3 Å². The van der Waals surface area contributed by atoms with Crippen molar-refractivity contribution in [2.24, 2.45) is 0 Å². The van der Waals surface area contributed by atoms with Gasteiger partial charge in [0.15, 0.2) is 5.16 Å². The molecule has 0 bridgehead atoms. The van der Waals surface area contributed by atoms with E-state index in [2.05, 4.69) is 31.1 Å². The fourth-order valence-corrected chi connectivity index (χ4v) is 4.57. The van der Waals surface area contributed by atoms with Gasteiger partial charge in [0.1, 0.15) is 5.82 Å². The number of benzene rings is 2. The second kappa shape index (κ2) is 10.9. The topological polar surface area (TPSA) is 91.0 Å². The Morgan fingerprint density at radius 3 is 2.58 bits per heavy atom. The molecule has 4 rings (SSSR count). The number of carbonyl (C=O) groups excluding carboxylic acids is 1. The minimum absolute atomic E-state index is 0.0519. The summed E-state index contributed by atoms with van der Waals surface area (Å²) >= 11 is 7.30. The Kier molecular flexibility index (Phi) is 7.82. The minimum Gasteiger partial charge on any atom is -0.383 e. The highest BCUT2D eigenvalue weighted by molar-refractivity contribution is 7.99. The number of fused-ring (bicyclic) bond motifs is 1. The van der Waals surface area contributed by atoms with Gasteiger partial charge < -0.3 is 10.1 Å². The van der Waals surface area contributed by atoms with E-state index in [4.69, 9.17) is 21.4 Å². The van der Waals surface area contributed by atoms with Crippen molar-refractivity contribution >= 4 is 46.0 Å². The van der Waals surface area contributed by atoms with Gasteiger partial charge in [-0.25, -0.2) is 9.67 Å². The molecule has 188 valence electrons. The fourth-order valence-electron chi connectivity index (χ4n) is 3.58. The number of halogens is 1. The van der Waals surface area contributed by atoms with E-state index in [0.717, 1.165) is 11.4 Å². The Labute approximate surface area is 218 Å². The summed E-state index contributed by atoms with van der Waals surface area (Å²) in [6.07, 6.45) is 0. The van der Waals surface area contributed by atoms with Crippen molar-refractivity contribution in [3.8, 4) is 5.69 Å². The summed E-state index contributed by atoms with van der Waals surface area (Å²) in [4.78, 5) is 30.7. The Morgan fingerprint density at radius 2 is 1.89 bits per heavy atom. The molecule has 0 aliphatic rings. The molecule has 0 atom stereocenters. The first-order chi connectivity index (χ1) is 17.2. The lowest BCUT2D eigenvalue weighted by molar-refractivity contribution is -0.113. The van der Waals surface area contributed by atoms with Crippen molar-refractivity contribution < 1.29 is 9.53 Å². The number of nitrogens with one attached hydrogen (secondary N) is 1. The molecule has 0 aliphatic carbocycles. The predicted octanol–water partition coefficient (Wildman–Crippen LogP) is 4.91. The number of hydrogen-bond acceptors (Lipinski definition) is 6. The van der Waals surface area contributed by atoms with E-state index < -0.39 is 0 Å². The monoisotopic (exact) mass is 525 g/mol. The van der Waals surface area contributed by atoms with Crippen LogP contribution in [0.25, 0.3) is 16.6 Å². The summed E-state index contributed by atoms with van der Waals surface area (Å²) in [5.41, 5.74) is 1.80. The molecule has 0 saturated carbocycles. The van der Waals surface area contributed by atoms with Crippen LogP contribution in [0.15, 0.2) is 64.5 Å². The molecule has 4 aromatic rings. The van der Waals surface area contributed by atoms with Crippen LogP contribution in [0.5, 0.6) is 0 Å². The number of thioether (sulfide) groups is 1. The number of hydrogen-bond donors (Lipinski definition) is 1. The average Bonchev–Trinajstić information content (AvgIpc) is 3.27. The number of ether oxygens (including phenoxy) is 1. The van der Waals surface area contributed by atoms with Crippen LogP contribution in [0, 0.1) is 0 Å². The van der Waals surface area contributed by atoms with E-state index in [-0.39, 0.29) is 22.6 Å². The van der Waals surface area contributed by atoms with Crippen molar-refractivity contribution in [3.63, 3.8) is 0 Å². The van der Waals surface area contributed by atoms with E-state index in [1.165, 1.54) is 16.3 Å². The number of methoxy groups -OCH3 is 1. The Hall–Kier alpha value is -3.14. The van der Waals surface area contributed by atoms with Gasteiger partial charge in [-0.15, -0.1) is 0 Å². The van der Waals surface area contributed by atoms with Gasteiger partial charge in [0.2, 0.25) is 5.91 Å². The number of amides is 1. The van der Waals surface area contributed by atoms with Crippen LogP contribution < -0.4 is 10.9 Å². The quantitative estimate of drug-likeness (QED) is 0.259. The van der Waals surface area contributed by atoms with Crippen molar-refractivity contribution in [3.05, 3.63) is 75.7 Å². The van der Waals surface area contributed by atoms with Crippen LogP contribution in [-0.2, 0) is 21.5 Å². The van der Waals surface area contributed by atoms with E-state index >= 15 is 0 Å². The smallest absolute Gasteiger partial charge is 0.262 e. The van der Waals surface area contributed by atoms with Gasteiger partial charge in [0, 0.05) is 23.6 Å². The predicted molar refractivity (Wildman–Crippen MR) is 145 cm³/mol. The number of carbonyl (C=O) groups is 1. The molecule has 0 unspecified atom stereocenters. The molecule has 2 heterocycles. The van der Waals surface area contributed by atoms with E-state index in [1.807, 2.05) is 36.4 Å². The molecule has 36 heavy (non-hydrogen) atoms. The molecule has 0 saturated heterocycles. The second-order valence-electron chi connectivity index (χ2n) is 9.25. The Balaban J connectivity index is 1.60. The number of rotatable bonds is 8. The standard InChI is InChI=1S/C26H28ClN5O3S/c1-26(2,3)21-15-22(32(30-21)18-8-6-5-7-9-18)29-23(33)16-36-25-28-20-14-17(27)10-11-19(20)24(34)31(25)12-13-35-4/h5-11,14-15H,12-13,16H2,1-4H3,(H,29,33). The summed E-state index contributed by atoms with van der Waals surface area (Å²) in [7, 11) is 1.57. The zero-order valence-corrected chi connectivity index (χ0v) is 22.2. The van der Waals surface area contributed by atoms with Crippen molar-refractivity contribution in [2.75, 3.05) is 24.8 Å². The van der Waals surface area contributed by atoms with Gasteiger partial charge in [0.25, 0.3) is 5.56 Å². The number of nitrogens with zero attached hydrogens (tertiary/aromatic N) is 4. The molecular weight excluding hydrogens is 498 g/mol. The molecule has 0 radical (unpaired) electrons. The first-order valence-corrected chi connectivity index (χ1v) is 12.8. The summed E-state index contributed by atoms with van der Waals surface area (Å²) < 4.78 is 8.43. The van der Waals surface area contributed by atoms with Crippen molar-refractivity contribution in [2.45, 2.75) is 37.9 Å². The lowest BCUT2D eigenvalue weighted by Crippen LogP contribution is -2.26. The summed E-state index contributed by atoms with van der Waals surface area (Å²) in [6.45, 7) is 6.88. The van der Waals surface area contributed by atoms with Crippen LogP contribution in [0.1, 0.15) is 26.5 Å². The SMILES string of the molecule is COCCn1c(SCC(=O)Nc2cc(C(C)(C)C)nn2-c2ccccc2)nc2cc(Cl)ccc2c1=O. The van der Waals surface area contributed by atoms with Gasteiger partial charge in [-0.3, -0.25) is 14.2 Å². The Bertz CT molecular complexity index is 1440. The molecule has 0 spiro atoms. The zero-order valence-electron chi connectivity index (χ0n) is 20.6. The second-order valence-corrected chi connectivity index (χ2v) is 10.6. The highest BCUT2D eigenvalue weighted by Gasteiger charge is 2.22. The molecule has 1 amide bonds. The van der Waals surface area contributed by atoms with Gasteiger partial charge in [-0.2, -0.15) is 5.10 Å². The third kappa shape index (κ3) is 5.80. The molecule has 8 nitrogen and oxygen atoms in total. The fraction of sp³-hybridized carbons (Fsp3) is 0.308. The minimum atomic E-state index is -0.240. The van der Waals surface area contributed by atoms with Gasteiger partial charge in [-0.1, -0.05) is 62.3 Å².